The summed E-state index contributed by atoms with van der Waals surface area (Å²) in [6.07, 6.45) is 62.8. The van der Waals surface area contributed by atoms with Crippen molar-refractivity contribution in [2.45, 2.75) is 264 Å². The highest BCUT2D eigenvalue weighted by Gasteiger charge is 2.22. The van der Waals surface area contributed by atoms with Crippen LogP contribution in [0.5, 0.6) is 0 Å². The first-order chi connectivity index (χ1) is 34.1. The molecule has 0 N–H and O–H groups in total. The first-order valence-electron chi connectivity index (χ1n) is 28.9. The van der Waals surface area contributed by atoms with Gasteiger partial charge < -0.3 is 33.3 Å². The van der Waals surface area contributed by atoms with E-state index in [2.05, 4.69) is 74.6 Å². The van der Waals surface area contributed by atoms with Crippen molar-refractivity contribution < 1.29 is 42.9 Å². The minimum absolute atomic E-state index is 0.144. The van der Waals surface area contributed by atoms with Crippen molar-refractivity contribution in [2.75, 3.05) is 47.5 Å². The molecule has 0 aromatic rings. The zero-order chi connectivity index (χ0) is 51.3. The van der Waals surface area contributed by atoms with Crippen LogP contribution in [-0.2, 0) is 33.3 Å². The van der Waals surface area contributed by atoms with Gasteiger partial charge in [0.05, 0.1) is 40.3 Å². The van der Waals surface area contributed by atoms with Crippen molar-refractivity contribution in [1.82, 2.24) is 0 Å². The van der Waals surface area contributed by atoms with Gasteiger partial charge in [-0.2, -0.15) is 0 Å². The monoisotopic (exact) mass is 984 g/mol. The van der Waals surface area contributed by atoms with Crippen LogP contribution in [0.4, 0.5) is 0 Å². The second kappa shape index (κ2) is 52.3. The zero-order valence-electron chi connectivity index (χ0n) is 46.1. The average molecular weight is 985 g/mol. The highest BCUT2D eigenvalue weighted by Crippen LogP contribution is 2.16. The Morgan fingerprint density at radius 3 is 1.19 bits per heavy atom. The van der Waals surface area contributed by atoms with Crippen LogP contribution in [0.25, 0.3) is 0 Å². The van der Waals surface area contributed by atoms with Crippen LogP contribution in [0.3, 0.4) is 0 Å². The number of nitrogens with zero attached hydrogens (tertiary/aromatic N) is 1. The smallest absolute Gasteiger partial charge is 0.306 e. The summed E-state index contributed by atoms with van der Waals surface area (Å²) < 4.78 is 22.7. The molecule has 0 saturated carbocycles. The van der Waals surface area contributed by atoms with Gasteiger partial charge >= 0.3 is 11.9 Å². The number of rotatable bonds is 53. The number of allylic oxidation sites excluding steroid dienone is 10. The lowest BCUT2D eigenvalue weighted by Gasteiger charge is -2.26. The van der Waals surface area contributed by atoms with Crippen molar-refractivity contribution >= 4 is 17.9 Å². The van der Waals surface area contributed by atoms with Crippen LogP contribution in [0.1, 0.15) is 251 Å². The minimum atomic E-state index is -1.62. The maximum absolute atomic E-state index is 12.8. The molecule has 0 spiro atoms. The van der Waals surface area contributed by atoms with E-state index >= 15 is 0 Å². The number of hydrogen-bond donors (Lipinski definition) is 0. The van der Waals surface area contributed by atoms with Gasteiger partial charge in [-0.05, 0) is 77.0 Å². The number of quaternary nitrogens is 1. The Morgan fingerprint density at radius 1 is 0.429 bits per heavy atom. The van der Waals surface area contributed by atoms with Crippen molar-refractivity contribution in [3.8, 4) is 0 Å². The Hall–Kier alpha value is -3.01. The average Bonchev–Trinajstić information content (AvgIpc) is 3.33. The molecule has 0 aromatic carbocycles. The molecule has 9 heteroatoms. The molecule has 0 aliphatic rings. The third kappa shape index (κ3) is 52.8. The van der Waals surface area contributed by atoms with E-state index in [0.29, 0.717) is 17.4 Å². The van der Waals surface area contributed by atoms with Crippen LogP contribution in [-0.4, -0.2) is 82.3 Å². The van der Waals surface area contributed by atoms with Crippen molar-refractivity contribution in [1.29, 1.82) is 0 Å². The van der Waals surface area contributed by atoms with Crippen LogP contribution in [0.2, 0.25) is 0 Å². The topological polar surface area (TPSA) is 111 Å². The number of carbonyl (C=O) groups excluding carboxylic acids is 3. The largest absolute Gasteiger partial charge is 0.545 e. The predicted molar refractivity (Wildman–Crippen MR) is 292 cm³/mol. The Bertz CT molecular complexity index is 1330. The molecule has 9 nitrogen and oxygen atoms in total. The second-order valence-corrected chi connectivity index (χ2v) is 20.6. The maximum atomic E-state index is 12.8. The van der Waals surface area contributed by atoms with E-state index in [0.717, 1.165) is 77.0 Å². The van der Waals surface area contributed by atoms with Crippen LogP contribution < -0.4 is 5.11 Å². The van der Waals surface area contributed by atoms with Gasteiger partial charge in [0.15, 0.2) is 12.4 Å². The first kappa shape index (κ1) is 67.0. The van der Waals surface area contributed by atoms with Gasteiger partial charge in [-0.15, -0.1) is 0 Å². The summed E-state index contributed by atoms with van der Waals surface area (Å²) in [5.41, 5.74) is 0. The Balaban J connectivity index is 4.14. The lowest BCUT2D eigenvalue weighted by Crippen LogP contribution is -2.44. The summed E-state index contributed by atoms with van der Waals surface area (Å²) >= 11 is 0. The highest BCUT2D eigenvalue weighted by molar-refractivity contribution is 5.70. The van der Waals surface area contributed by atoms with E-state index in [-0.39, 0.29) is 38.6 Å². The SMILES string of the molecule is CCCC/C=C\C/C=C\CCCCCCCC(=O)OCC(COC(OCC[N+](C)(C)C)C(=O)[O-])OC(=O)CCCCCCCCCCCCCCCCCC/C=C\C/C=C\C/C=C\CCCCCCC. The van der Waals surface area contributed by atoms with Gasteiger partial charge in [-0.25, -0.2) is 0 Å². The van der Waals surface area contributed by atoms with Crippen LogP contribution in [0.15, 0.2) is 60.8 Å². The number of carboxylic acid groups (broad SMARTS) is 1. The van der Waals surface area contributed by atoms with Crippen molar-refractivity contribution in [2.24, 2.45) is 0 Å². The number of hydrogen-bond acceptors (Lipinski definition) is 8. The first-order valence-corrected chi connectivity index (χ1v) is 28.9. The van der Waals surface area contributed by atoms with Crippen LogP contribution >= 0.6 is 0 Å². The van der Waals surface area contributed by atoms with Gasteiger partial charge in [0.1, 0.15) is 13.2 Å². The van der Waals surface area contributed by atoms with Gasteiger partial charge in [-0.1, -0.05) is 222 Å². The molecule has 406 valence electrons. The molecular weight excluding hydrogens is 875 g/mol. The quantitative estimate of drug-likeness (QED) is 0.0195. The number of carboxylic acids is 1. The zero-order valence-corrected chi connectivity index (χ0v) is 46.1. The predicted octanol–water partition coefficient (Wildman–Crippen LogP) is 15.5. The summed E-state index contributed by atoms with van der Waals surface area (Å²) in [6, 6.07) is 0. The molecule has 2 atom stereocenters. The Morgan fingerprint density at radius 2 is 0.786 bits per heavy atom. The fraction of sp³-hybridized carbons (Fsp3) is 0.787. The third-order valence-electron chi connectivity index (χ3n) is 12.5. The molecule has 0 radical (unpaired) electrons. The molecule has 0 saturated heterocycles. The number of carbonyl (C=O) groups is 3. The minimum Gasteiger partial charge on any atom is -0.545 e. The molecule has 0 aromatic heterocycles. The summed E-state index contributed by atoms with van der Waals surface area (Å²) in [5, 5.41) is 11.8. The highest BCUT2D eigenvalue weighted by atomic mass is 16.7. The standard InChI is InChI=1S/C61H109NO8/c1-6-8-10-12-14-16-18-20-22-23-24-25-26-27-28-29-30-31-32-33-34-35-36-37-38-40-42-44-46-48-50-52-59(64)70-57(56-69-61(60(65)66)67-54-53-62(3,4)5)55-68-58(63)51-49-47-45-43-41-39-21-19-17-15-13-11-9-7-2/h13,15,18-21,23-24,26-27,57,61H,6-12,14,16-17,22,25,28-56H2,1-5H3/b15-13-,20-18-,21-19-,24-23-,27-26-. The van der Waals surface area contributed by atoms with Gasteiger partial charge in [-0.3, -0.25) is 9.59 Å². The normalized spacial score (nSPS) is 13.2. The third-order valence-corrected chi connectivity index (χ3v) is 12.5. The van der Waals surface area contributed by atoms with Gasteiger partial charge in [0, 0.05) is 12.8 Å². The van der Waals surface area contributed by atoms with Crippen molar-refractivity contribution in [3.05, 3.63) is 60.8 Å². The second-order valence-electron chi connectivity index (χ2n) is 20.6. The van der Waals surface area contributed by atoms with Crippen molar-refractivity contribution in [3.63, 3.8) is 0 Å². The number of aliphatic carboxylic acids is 1. The Labute approximate surface area is 431 Å². The van der Waals surface area contributed by atoms with E-state index in [1.165, 1.54) is 141 Å². The van der Waals surface area contributed by atoms with E-state index in [4.69, 9.17) is 18.9 Å². The summed E-state index contributed by atoms with van der Waals surface area (Å²) in [7, 11) is 5.91. The molecule has 0 aliphatic heterocycles. The Kier molecular flexibility index (Phi) is 50.1. The fourth-order valence-electron chi connectivity index (χ4n) is 7.97. The number of ether oxygens (including phenoxy) is 4. The van der Waals surface area contributed by atoms with Gasteiger partial charge in [0.25, 0.3) is 0 Å². The number of unbranched alkanes of at least 4 members (excludes halogenated alkanes) is 28. The molecule has 0 aliphatic carbocycles. The molecule has 2 unspecified atom stereocenters. The molecule has 0 bridgehead atoms. The van der Waals surface area contributed by atoms with Crippen LogP contribution in [0, 0.1) is 0 Å². The number of likely N-dealkylation sites (N-methyl/N-ethyl adjacent to an activating group) is 1. The number of esters is 2. The molecule has 0 heterocycles. The van der Waals surface area contributed by atoms with E-state index < -0.39 is 24.3 Å². The van der Waals surface area contributed by atoms with E-state index in [1.54, 1.807) is 0 Å². The molecular formula is C61H109NO8. The summed E-state index contributed by atoms with van der Waals surface area (Å²) in [6.45, 7) is 4.69. The fourth-order valence-corrected chi connectivity index (χ4v) is 7.97. The maximum Gasteiger partial charge on any atom is 0.306 e. The summed E-state index contributed by atoms with van der Waals surface area (Å²) in [4.78, 5) is 37.2. The lowest BCUT2D eigenvalue weighted by molar-refractivity contribution is -0.870. The van der Waals surface area contributed by atoms with E-state index in [9.17, 15) is 19.5 Å². The summed E-state index contributed by atoms with van der Waals surface area (Å²) in [5.74, 6) is -2.30. The molecule has 0 amide bonds. The van der Waals surface area contributed by atoms with E-state index in [1.807, 2.05) is 21.1 Å². The lowest BCUT2D eigenvalue weighted by atomic mass is 10.0. The molecule has 0 fully saturated rings. The molecule has 0 rings (SSSR count). The molecule has 70 heavy (non-hydrogen) atoms. The van der Waals surface area contributed by atoms with Gasteiger partial charge in [0.2, 0.25) is 0 Å².